The molecule has 1 amide bonds. The number of benzene rings is 1. The summed E-state index contributed by atoms with van der Waals surface area (Å²) in [6, 6.07) is 6.45. The molecule has 0 aliphatic heterocycles. The van der Waals surface area contributed by atoms with Crippen LogP contribution in [0.5, 0.6) is 0 Å². The van der Waals surface area contributed by atoms with E-state index in [9.17, 15) is 4.79 Å². The number of hydrogen-bond acceptors (Lipinski definition) is 2. The maximum absolute atomic E-state index is 11.1. The van der Waals surface area contributed by atoms with Crippen molar-refractivity contribution in [2.24, 2.45) is 0 Å². The molecule has 0 aliphatic rings. The maximum atomic E-state index is 11.1. The SMILES string of the molecule is CNC(=O)CNC(C)c1cccc(C)c1C. The van der Waals surface area contributed by atoms with Crippen LogP contribution in [0.1, 0.15) is 29.7 Å². The highest BCUT2D eigenvalue weighted by atomic mass is 16.1. The van der Waals surface area contributed by atoms with Gasteiger partial charge < -0.3 is 10.6 Å². The molecule has 0 heterocycles. The summed E-state index contributed by atoms with van der Waals surface area (Å²) in [6.45, 7) is 6.64. The Morgan fingerprint density at radius 2 is 2.06 bits per heavy atom. The number of hydrogen-bond donors (Lipinski definition) is 2. The molecule has 1 aromatic carbocycles. The molecule has 0 aliphatic carbocycles. The summed E-state index contributed by atoms with van der Waals surface area (Å²) in [6.07, 6.45) is 0. The number of amides is 1. The molecule has 1 atom stereocenters. The van der Waals surface area contributed by atoms with Crippen molar-refractivity contribution in [2.75, 3.05) is 13.6 Å². The molecule has 1 unspecified atom stereocenters. The first kappa shape index (κ1) is 12.7. The molecular weight excluding hydrogens is 200 g/mol. The number of likely N-dealkylation sites (N-methyl/N-ethyl adjacent to an activating group) is 1. The highest BCUT2D eigenvalue weighted by Crippen LogP contribution is 2.19. The van der Waals surface area contributed by atoms with Gasteiger partial charge in [-0.1, -0.05) is 18.2 Å². The first-order valence-electron chi connectivity index (χ1n) is 5.56. The van der Waals surface area contributed by atoms with Gasteiger partial charge in [-0.3, -0.25) is 4.79 Å². The summed E-state index contributed by atoms with van der Waals surface area (Å²) in [5.41, 5.74) is 3.83. The molecule has 2 N–H and O–H groups in total. The van der Waals surface area contributed by atoms with Crippen LogP contribution in [0, 0.1) is 13.8 Å². The Balaban J connectivity index is 2.69. The molecular formula is C13H20N2O. The van der Waals surface area contributed by atoms with Crippen molar-refractivity contribution in [2.45, 2.75) is 26.8 Å². The third-order valence-corrected chi connectivity index (χ3v) is 2.96. The van der Waals surface area contributed by atoms with Gasteiger partial charge in [-0.05, 0) is 37.5 Å². The lowest BCUT2D eigenvalue weighted by atomic mass is 9.98. The van der Waals surface area contributed by atoms with Crippen molar-refractivity contribution in [3.05, 3.63) is 34.9 Å². The number of carbonyl (C=O) groups is 1. The van der Waals surface area contributed by atoms with Crippen LogP contribution in [0.2, 0.25) is 0 Å². The average molecular weight is 220 g/mol. The third kappa shape index (κ3) is 3.07. The second-order valence-electron chi connectivity index (χ2n) is 4.06. The van der Waals surface area contributed by atoms with E-state index in [0.717, 1.165) is 0 Å². The molecule has 0 bridgehead atoms. The Labute approximate surface area is 97.2 Å². The minimum atomic E-state index is 0.0113. The highest BCUT2D eigenvalue weighted by Gasteiger charge is 2.09. The number of aryl methyl sites for hydroxylation is 1. The van der Waals surface area contributed by atoms with E-state index >= 15 is 0 Å². The van der Waals surface area contributed by atoms with E-state index in [-0.39, 0.29) is 11.9 Å². The van der Waals surface area contributed by atoms with Crippen molar-refractivity contribution < 1.29 is 4.79 Å². The van der Waals surface area contributed by atoms with Crippen LogP contribution < -0.4 is 10.6 Å². The first-order valence-corrected chi connectivity index (χ1v) is 5.56. The van der Waals surface area contributed by atoms with Gasteiger partial charge in [-0.15, -0.1) is 0 Å². The molecule has 0 spiro atoms. The van der Waals surface area contributed by atoms with Crippen molar-refractivity contribution in [1.29, 1.82) is 0 Å². The summed E-state index contributed by atoms with van der Waals surface area (Å²) in [7, 11) is 1.65. The van der Waals surface area contributed by atoms with E-state index in [1.807, 2.05) is 0 Å². The van der Waals surface area contributed by atoms with Gasteiger partial charge in [0.1, 0.15) is 0 Å². The average Bonchev–Trinajstić information content (AvgIpc) is 2.29. The number of nitrogens with one attached hydrogen (secondary N) is 2. The molecule has 0 saturated heterocycles. The standard InChI is InChI=1S/C13H20N2O/c1-9-6-5-7-12(10(9)2)11(3)15-8-13(16)14-4/h5-7,11,15H,8H2,1-4H3,(H,14,16). The van der Waals surface area contributed by atoms with Crippen LogP contribution >= 0.6 is 0 Å². The van der Waals surface area contributed by atoms with E-state index in [1.165, 1.54) is 16.7 Å². The smallest absolute Gasteiger partial charge is 0.233 e. The lowest BCUT2D eigenvalue weighted by molar-refractivity contribution is -0.119. The van der Waals surface area contributed by atoms with Gasteiger partial charge in [0, 0.05) is 13.1 Å². The molecule has 3 heteroatoms. The Morgan fingerprint density at radius 3 is 2.69 bits per heavy atom. The Hall–Kier alpha value is -1.35. The lowest BCUT2D eigenvalue weighted by Gasteiger charge is -2.17. The minimum Gasteiger partial charge on any atom is -0.358 e. The van der Waals surface area contributed by atoms with E-state index in [2.05, 4.69) is 49.6 Å². The zero-order chi connectivity index (χ0) is 12.1. The van der Waals surface area contributed by atoms with Gasteiger partial charge in [0.25, 0.3) is 0 Å². The normalized spacial score (nSPS) is 12.2. The van der Waals surface area contributed by atoms with Gasteiger partial charge in [-0.25, -0.2) is 0 Å². The zero-order valence-corrected chi connectivity index (χ0v) is 10.4. The summed E-state index contributed by atoms with van der Waals surface area (Å²) in [5.74, 6) is 0.0113. The Morgan fingerprint density at radius 1 is 1.38 bits per heavy atom. The van der Waals surface area contributed by atoms with Crippen LogP contribution in [-0.2, 0) is 4.79 Å². The second kappa shape index (κ2) is 5.66. The largest absolute Gasteiger partial charge is 0.358 e. The van der Waals surface area contributed by atoms with E-state index < -0.39 is 0 Å². The minimum absolute atomic E-state index is 0.0113. The quantitative estimate of drug-likeness (QED) is 0.811. The van der Waals surface area contributed by atoms with Crippen LogP contribution in [0.3, 0.4) is 0 Å². The summed E-state index contributed by atoms with van der Waals surface area (Å²) in [4.78, 5) is 11.1. The molecule has 0 saturated carbocycles. The number of carbonyl (C=O) groups excluding carboxylic acids is 1. The van der Waals surface area contributed by atoms with Crippen molar-refractivity contribution >= 4 is 5.91 Å². The molecule has 0 fully saturated rings. The van der Waals surface area contributed by atoms with Crippen molar-refractivity contribution in [1.82, 2.24) is 10.6 Å². The van der Waals surface area contributed by atoms with Crippen LogP contribution in [0.15, 0.2) is 18.2 Å². The van der Waals surface area contributed by atoms with Gasteiger partial charge in [-0.2, -0.15) is 0 Å². The topological polar surface area (TPSA) is 41.1 Å². The summed E-state index contributed by atoms with van der Waals surface area (Å²) in [5, 5.41) is 5.80. The highest BCUT2D eigenvalue weighted by molar-refractivity contribution is 5.77. The summed E-state index contributed by atoms with van der Waals surface area (Å²) < 4.78 is 0. The van der Waals surface area contributed by atoms with Gasteiger partial charge in [0.05, 0.1) is 6.54 Å². The fraction of sp³-hybridized carbons (Fsp3) is 0.462. The van der Waals surface area contributed by atoms with E-state index in [4.69, 9.17) is 0 Å². The second-order valence-corrected chi connectivity index (χ2v) is 4.06. The molecule has 1 rings (SSSR count). The van der Waals surface area contributed by atoms with E-state index in [1.54, 1.807) is 7.05 Å². The van der Waals surface area contributed by atoms with E-state index in [0.29, 0.717) is 6.54 Å². The first-order chi connectivity index (χ1) is 7.56. The number of rotatable bonds is 4. The van der Waals surface area contributed by atoms with Crippen LogP contribution in [0.4, 0.5) is 0 Å². The van der Waals surface area contributed by atoms with Crippen molar-refractivity contribution in [3.63, 3.8) is 0 Å². The molecule has 1 aromatic rings. The molecule has 0 aromatic heterocycles. The van der Waals surface area contributed by atoms with Crippen LogP contribution in [0.25, 0.3) is 0 Å². The van der Waals surface area contributed by atoms with Crippen LogP contribution in [-0.4, -0.2) is 19.5 Å². The van der Waals surface area contributed by atoms with Gasteiger partial charge in [0.2, 0.25) is 5.91 Å². The molecule has 16 heavy (non-hydrogen) atoms. The zero-order valence-electron chi connectivity index (χ0n) is 10.4. The predicted molar refractivity (Wildman–Crippen MR) is 66.4 cm³/mol. The maximum Gasteiger partial charge on any atom is 0.233 e. The Kier molecular flexibility index (Phi) is 4.50. The summed E-state index contributed by atoms with van der Waals surface area (Å²) >= 11 is 0. The predicted octanol–water partition coefficient (Wildman–Crippen LogP) is 1.70. The fourth-order valence-corrected chi connectivity index (χ4v) is 1.69. The Bertz CT molecular complexity index is 374. The van der Waals surface area contributed by atoms with Gasteiger partial charge in [0.15, 0.2) is 0 Å². The monoisotopic (exact) mass is 220 g/mol. The molecule has 3 nitrogen and oxygen atoms in total. The lowest BCUT2D eigenvalue weighted by Crippen LogP contribution is -2.33. The molecule has 0 radical (unpaired) electrons. The third-order valence-electron chi connectivity index (χ3n) is 2.96. The van der Waals surface area contributed by atoms with Crippen molar-refractivity contribution in [3.8, 4) is 0 Å². The van der Waals surface area contributed by atoms with Gasteiger partial charge >= 0.3 is 0 Å². The molecule has 88 valence electrons. The fourth-order valence-electron chi connectivity index (χ4n) is 1.69.